The number of nitrogens with zero attached hydrogens (tertiary/aromatic N) is 1. The Morgan fingerprint density at radius 3 is 2.18 bits per heavy atom. The minimum absolute atomic E-state index is 0.106. The molecule has 1 aromatic carbocycles. The zero-order chi connectivity index (χ0) is 8.27. The highest BCUT2D eigenvalue weighted by Gasteiger charge is 2.02. The second kappa shape index (κ2) is 2.92. The molecular formula is C7H7NO3. The Labute approximate surface area is 63.0 Å². The summed E-state index contributed by atoms with van der Waals surface area (Å²) in [5, 5.41) is 28.9. The topological polar surface area (TPSA) is 73.1 Å². The maximum absolute atomic E-state index is 9.06. The monoisotopic (exact) mass is 153 g/mol. The minimum Gasteiger partial charge on any atom is -0.507 e. The molecule has 0 atom stereocenters. The van der Waals surface area contributed by atoms with Crippen molar-refractivity contribution in [3.8, 4) is 11.5 Å². The van der Waals surface area contributed by atoms with Gasteiger partial charge in [-0.25, -0.2) is 0 Å². The van der Waals surface area contributed by atoms with Crippen molar-refractivity contribution in [1.82, 2.24) is 0 Å². The maximum atomic E-state index is 9.06. The second-order valence-electron chi connectivity index (χ2n) is 1.95. The van der Waals surface area contributed by atoms with E-state index < -0.39 is 0 Å². The molecule has 1 aromatic rings. The molecule has 3 N–H and O–H groups in total. The Morgan fingerprint density at radius 1 is 1.18 bits per heavy atom. The van der Waals surface area contributed by atoms with Crippen LogP contribution in [0.5, 0.6) is 11.5 Å². The van der Waals surface area contributed by atoms with Crippen LogP contribution < -0.4 is 0 Å². The van der Waals surface area contributed by atoms with Crippen LogP contribution in [0.1, 0.15) is 5.56 Å². The number of hydrogen-bond donors (Lipinski definition) is 3. The average Bonchev–Trinajstić information content (AvgIpc) is 1.97. The first-order valence-electron chi connectivity index (χ1n) is 2.94. The average molecular weight is 153 g/mol. The van der Waals surface area contributed by atoms with E-state index in [4.69, 9.17) is 15.4 Å². The van der Waals surface area contributed by atoms with E-state index in [1.165, 1.54) is 18.2 Å². The van der Waals surface area contributed by atoms with Gasteiger partial charge in [-0.3, -0.25) is 0 Å². The summed E-state index contributed by atoms with van der Waals surface area (Å²) >= 11 is 0. The number of oxime groups is 1. The quantitative estimate of drug-likeness (QED) is 0.319. The summed E-state index contributed by atoms with van der Waals surface area (Å²) in [6.07, 6.45) is 0.963. The van der Waals surface area contributed by atoms with E-state index in [2.05, 4.69) is 5.16 Å². The smallest absolute Gasteiger partial charge is 0.128 e. The number of phenolic OH excluding ortho intramolecular Hbond substituents is 2. The third-order valence-corrected chi connectivity index (χ3v) is 1.25. The van der Waals surface area contributed by atoms with Crippen LogP contribution in [0.4, 0.5) is 0 Å². The summed E-state index contributed by atoms with van der Waals surface area (Å²) in [5.74, 6) is -0.245. The molecule has 0 aliphatic carbocycles. The number of aromatic hydroxyl groups is 2. The van der Waals surface area contributed by atoms with Crippen molar-refractivity contribution >= 4 is 6.21 Å². The van der Waals surface area contributed by atoms with Crippen molar-refractivity contribution < 1.29 is 15.4 Å². The van der Waals surface area contributed by atoms with Crippen LogP contribution in [-0.4, -0.2) is 21.6 Å². The fourth-order valence-corrected chi connectivity index (χ4v) is 0.731. The summed E-state index contributed by atoms with van der Waals surface area (Å²) in [6.45, 7) is 0. The standard InChI is InChI=1S/C7H7NO3/c9-6-2-1-3-7(10)5(6)4-8-11/h1-4,9-11H/b8-4-. The molecule has 0 heterocycles. The van der Waals surface area contributed by atoms with Crippen LogP contribution in [0.25, 0.3) is 0 Å². The SMILES string of the molecule is O/N=C\c1c(O)cccc1O. The summed E-state index contributed by atoms with van der Waals surface area (Å²) < 4.78 is 0. The summed E-state index contributed by atoms with van der Waals surface area (Å²) in [4.78, 5) is 0. The molecule has 11 heavy (non-hydrogen) atoms. The number of hydrogen-bond acceptors (Lipinski definition) is 4. The van der Waals surface area contributed by atoms with E-state index in [0.717, 1.165) is 6.21 Å². The van der Waals surface area contributed by atoms with Gasteiger partial charge in [0.15, 0.2) is 0 Å². The van der Waals surface area contributed by atoms with E-state index in [-0.39, 0.29) is 17.1 Å². The molecule has 0 saturated heterocycles. The molecule has 0 saturated carbocycles. The zero-order valence-corrected chi connectivity index (χ0v) is 5.60. The van der Waals surface area contributed by atoms with Crippen molar-refractivity contribution in [2.75, 3.05) is 0 Å². The first-order valence-corrected chi connectivity index (χ1v) is 2.94. The predicted molar refractivity (Wildman–Crippen MR) is 39.2 cm³/mol. The summed E-state index contributed by atoms with van der Waals surface area (Å²) in [6, 6.07) is 4.26. The highest BCUT2D eigenvalue weighted by Crippen LogP contribution is 2.23. The predicted octanol–water partition coefficient (Wildman–Crippen LogP) is 0.906. The van der Waals surface area contributed by atoms with Gasteiger partial charge in [0.05, 0.1) is 11.8 Å². The Bertz CT molecular complexity index is 263. The fourth-order valence-electron chi connectivity index (χ4n) is 0.731. The van der Waals surface area contributed by atoms with Crippen molar-refractivity contribution in [2.45, 2.75) is 0 Å². The van der Waals surface area contributed by atoms with Crippen LogP contribution in [0.3, 0.4) is 0 Å². The van der Waals surface area contributed by atoms with E-state index in [1.807, 2.05) is 0 Å². The van der Waals surface area contributed by atoms with Gasteiger partial charge >= 0.3 is 0 Å². The van der Waals surface area contributed by atoms with Crippen molar-refractivity contribution in [1.29, 1.82) is 0 Å². The van der Waals surface area contributed by atoms with Gasteiger partial charge in [-0.2, -0.15) is 0 Å². The van der Waals surface area contributed by atoms with Gasteiger partial charge in [0.25, 0.3) is 0 Å². The van der Waals surface area contributed by atoms with Crippen molar-refractivity contribution in [3.05, 3.63) is 23.8 Å². The molecule has 0 unspecified atom stereocenters. The van der Waals surface area contributed by atoms with Crippen LogP contribution in [0.15, 0.2) is 23.4 Å². The molecule has 0 fully saturated rings. The Hall–Kier alpha value is -1.71. The lowest BCUT2D eigenvalue weighted by molar-refractivity contribution is 0.321. The summed E-state index contributed by atoms with van der Waals surface area (Å²) in [5.41, 5.74) is 0.106. The van der Waals surface area contributed by atoms with Crippen molar-refractivity contribution in [2.24, 2.45) is 5.16 Å². The molecule has 0 radical (unpaired) electrons. The zero-order valence-electron chi connectivity index (χ0n) is 5.60. The Balaban J connectivity index is 3.20. The van der Waals surface area contributed by atoms with Crippen molar-refractivity contribution in [3.63, 3.8) is 0 Å². The van der Waals surface area contributed by atoms with E-state index in [0.29, 0.717) is 0 Å². The van der Waals surface area contributed by atoms with Crippen LogP contribution >= 0.6 is 0 Å². The number of rotatable bonds is 1. The molecule has 0 spiro atoms. The van der Waals surface area contributed by atoms with E-state index in [9.17, 15) is 0 Å². The third-order valence-electron chi connectivity index (χ3n) is 1.25. The highest BCUT2D eigenvalue weighted by atomic mass is 16.4. The molecule has 0 aliphatic heterocycles. The molecular weight excluding hydrogens is 146 g/mol. The van der Waals surface area contributed by atoms with E-state index >= 15 is 0 Å². The molecule has 0 aliphatic rings. The Kier molecular flexibility index (Phi) is 1.96. The van der Waals surface area contributed by atoms with Gasteiger partial charge in [0.1, 0.15) is 11.5 Å². The summed E-state index contributed by atoms with van der Waals surface area (Å²) in [7, 11) is 0. The molecule has 0 bridgehead atoms. The lowest BCUT2D eigenvalue weighted by atomic mass is 10.2. The number of phenols is 2. The van der Waals surface area contributed by atoms with Gasteiger partial charge in [0.2, 0.25) is 0 Å². The van der Waals surface area contributed by atoms with Crippen LogP contribution in [0.2, 0.25) is 0 Å². The molecule has 58 valence electrons. The van der Waals surface area contributed by atoms with E-state index in [1.54, 1.807) is 0 Å². The van der Waals surface area contributed by atoms with Gasteiger partial charge in [-0.1, -0.05) is 11.2 Å². The van der Waals surface area contributed by atoms with Gasteiger partial charge < -0.3 is 15.4 Å². The minimum atomic E-state index is -0.122. The van der Waals surface area contributed by atoms with Gasteiger partial charge in [-0.15, -0.1) is 0 Å². The number of benzene rings is 1. The molecule has 4 nitrogen and oxygen atoms in total. The van der Waals surface area contributed by atoms with Crippen LogP contribution in [0, 0.1) is 0 Å². The first-order chi connectivity index (χ1) is 5.25. The van der Waals surface area contributed by atoms with Crippen LogP contribution in [-0.2, 0) is 0 Å². The lowest BCUT2D eigenvalue weighted by Crippen LogP contribution is -1.82. The Morgan fingerprint density at radius 2 is 1.73 bits per heavy atom. The van der Waals surface area contributed by atoms with Gasteiger partial charge in [0, 0.05) is 0 Å². The first kappa shape index (κ1) is 7.40. The normalized spacial score (nSPS) is 10.5. The molecule has 0 amide bonds. The fraction of sp³-hybridized carbons (Fsp3) is 0. The lowest BCUT2D eigenvalue weighted by Gasteiger charge is -1.98. The maximum Gasteiger partial charge on any atom is 0.128 e. The molecule has 1 rings (SSSR count). The highest BCUT2D eigenvalue weighted by molar-refractivity contribution is 5.86. The second-order valence-corrected chi connectivity index (χ2v) is 1.95. The molecule has 0 aromatic heterocycles. The third kappa shape index (κ3) is 1.40. The van der Waals surface area contributed by atoms with Gasteiger partial charge in [-0.05, 0) is 12.1 Å². The molecule has 4 heteroatoms. The largest absolute Gasteiger partial charge is 0.507 e.